The molecule has 0 aromatic carbocycles. The van der Waals surface area contributed by atoms with Crippen LogP contribution >= 0.6 is 0 Å². The fourth-order valence-electron chi connectivity index (χ4n) is 5.21. The Hall–Kier alpha value is -0.950. The van der Waals surface area contributed by atoms with Crippen molar-refractivity contribution in [3.63, 3.8) is 0 Å². The molecule has 3 fully saturated rings. The van der Waals surface area contributed by atoms with Crippen molar-refractivity contribution in [2.24, 2.45) is 16.7 Å². The molecule has 3 aliphatic rings. The van der Waals surface area contributed by atoms with E-state index in [4.69, 9.17) is 4.74 Å². The SMILES string of the molecule is CCOC(=O)C1CCCCN1S(=O)(=O)C[C@@]12CC[C@@H](CC1=O)C2(C)C. The van der Waals surface area contributed by atoms with Gasteiger partial charge in [0, 0.05) is 18.4 Å². The first-order chi connectivity index (χ1) is 11.7. The highest BCUT2D eigenvalue weighted by Gasteiger charge is 2.65. The van der Waals surface area contributed by atoms with Crippen LogP contribution in [0, 0.1) is 16.7 Å². The summed E-state index contributed by atoms with van der Waals surface area (Å²) in [6.45, 7) is 6.35. The summed E-state index contributed by atoms with van der Waals surface area (Å²) in [5.41, 5.74) is -1.10. The molecule has 2 saturated carbocycles. The molecule has 1 heterocycles. The lowest BCUT2D eigenvalue weighted by Gasteiger charge is -2.40. The summed E-state index contributed by atoms with van der Waals surface area (Å²) in [4.78, 5) is 24.9. The van der Waals surface area contributed by atoms with Crippen molar-refractivity contribution in [1.29, 1.82) is 0 Å². The molecule has 0 amide bonds. The predicted octanol–water partition coefficient (Wildman–Crippen LogP) is 2.13. The van der Waals surface area contributed by atoms with Crippen LogP contribution in [0.1, 0.15) is 59.3 Å². The number of rotatable bonds is 5. The molecule has 142 valence electrons. The molecule has 25 heavy (non-hydrogen) atoms. The maximum Gasteiger partial charge on any atom is 0.324 e. The van der Waals surface area contributed by atoms with E-state index in [0.29, 0.717) is 25.8 Å². The Kier molecular flexibility index (Phi) is 4.77. The summed E-state index contributed by atoms with van der Waals surface area (Å²) in [5, 5.41) is 0. The minimum atomic E-state index is -3.72. The maximum atomic E-state index is 13.2. The van der Waals surface area contributed by atoms with Gasteiger partial charge < -0.3 is 4.74 Å². The van der Waals surface area contributed by atoms with Gasteiger partial charge in [0.05, 0.1) is 12.4 Å². The molecular weight excluding hydrogens is 342 g/mol. The van der Waals surface area contributed by atoms with Gasteiger partial charge >= 0.3 is 5.97 Å². The Bertz CT molecular complexity index is 671. The quantitative estimate of drug-likeness (QED) is 0.692. The zero-order valence-electron chi connectivity index (χ0n) is 15.4. The lowest BCUT2D eigenvalue weighted by atomic mass is 9.70. The van der Waals surface area contributed by atoms with Crippen LogP contribution in [-0.4, -0.2) is 49.4 Å². The van der Waals surface area contributed by atoms with E-state index in [1.54, 1.807) is 6.92 Å². The summed E-state index contributed by atoms with van der Waals surface area (Å²) in [6, 6.07) is -0.744. The molecule has 6 nitrogen and oxygen atoms in total. The van der Waals surface area contributed by atoms with Crippen LogP contribution in [0.2, 0.25) is 0 Å². The van der Waals surface area contributed by atoms with Gasteiger partial charge in [0.1, 0.15) is 11.8 Å². The third-order valence-electron chi connectivity index (χ3n) is 6.94. The fraction of sp³-hybridized carbons (Fsp3) is 0.889. The van der Waals surface area contributed by atoms with E-state index in [-0.39, 0.29) is 29.5 Å². The molecule has 2 aliphatic carbocycles. The molecule has 7 heteroatoms. The normalized spacial score (nSPS) is 35.1. The van der Waals surface area contributed by atoms with Gasteiger partial charge in [-0.15, -0.1) is 0 Å². The number of esters is 1. The van der Waals surface area contributed by atoms with E-state index in [1.165, 1.54) is 4.31 Å². The van der Waals surface area contributed by atoms with Crippen molar-refractivity contribution >= 4 is 21.8 Å². The van der Waals surface area contributed by atoms with Crippen molar-refractivity contribution in [1.82, 2.24) is 4.31 Å². The highest BCUT2D eigenvalue weighted by atomic mass is 32.2. The summed E-state index contributed by atoms with van der Waals surface area (Å²) < 4.78 is 32.9. The van der Waals surface area contributed by atoms with Crippen molar-refractivity contribution < 1.29 is 22.7 Å². The number of hydrogen-bond donors (Lipinski definition) is 0. The molecule has 2 bridgehead atoms. The van der Waals surface area contributed by atoms with Crippen LogP contribution < -0.4 is 0 Å². The first-order valence-corrected chi connectivity index (χ1v) is 11.0. The number of hydrogen-bond acceptors (Lipinski definition) is 5. The maximum absolute atomic E-state index is 13.2. The molecule has 3 atom stereocenters. The topological polar surface area (TPSA) is 80.8 Å². The minimum Gasteiger partial charge on any atom is -0.465 e. The Labute approximate surface area is 150 Å². The van der Waals surface area contributed by atoms with E-state index in [1.807, 2.05) is 13.8 Å². The second kappa shape index (κ2) is 6.34. The van der Waals surface area contributed by atoms with Crippen LogP contribution in [0.3, 0.4) is 0 Å². The minimum absolute atomic E-state index is 0.0852. The van der Waals surface area contributed by atoms with Crippen molar-refractivity contribution in [2.75, 3.05) is 18.9 Å². The van der Waals surface area contributed by atoms with Crippen molar-refractivity contribution in [3.05, 3.63) is 0 Å². The van der Waals surface area contributed by atoms with Crippen LogP contribution in [0.25, 0.3) is 0 Å². The van der Waals surface area contributed by atoms with E-state index < -0.39 is 27.4 Å². The molecule has 0 aromatic rings. The average Bonchev–Trinajstić information content (AvgIpc) is 2.89. The van der Waals surface area contributed by atoms with Gasteiger partial charge in [-0.25, -0.2) is 8.42 Å². The summed E-state index contributed by atoms with van der Waals surface area (Å²) in [5.74, 6) is -0.276. The summed E-state index contributed by atoms with van der Waals surface area (Å²) in [7, 11) is -3.72. The Balaban J connectivity index is 1.88. The van der Waals surface area contributed by atoms with E-state index in [9.17, 15) is 18.0 Å². The highest BCUT2D eigenvalue weighted by molar-refractivity contribution is 7.89. The zero-order valence-corrected chi connectivity index (χ0v) is 16.2. The molecule has 3 rings (SSSR count). The van der Waals surface area contributed by atoms with Gasteiger partial charge in [-0.1, -0.05) is 13.8 Å². The largest absolute Gasteiger partial charge is 0.465 e. The standard InChI is InChI=1S/C18H29NO5S/c1-4-24-16(21)14-7-5-6-10-19(14)25(22,23)12-18-9-8-13(11-15(18)20)17(18,2)3/h13-14H,4-12H2,1-3H3/t13-,14?,18-/m0/s1. The second-order valence-corrected chi connectivity index (χ2v) is 10.2. The van der Waals surface area contributed by atoms with Crippen molar-refractivity contribution in [2.45, 2.75) is 65.3 Å². The lowest BCUT2D eigenvalue weighted by Crippen LogP contribution is -2.53. The fourth-order valence-corrected chi connectivity index (χ4v) is 7.67. The third-order valence-corrected chi connectivity index (χ3v) is 8.95. The molecular formula is C18H29NO5S. The Morgan fingerprint density at radius 3 is 2.56 bits per heavy atom. The van der Waals surface area contributed by atoms with Crippen LogP contribution in [-0.2, 0) is 24.3 Å². The molecule has 0 spiro atoms. The van der Waals surface area contributed by atoms with Gasteiger partial charge in [-0.3, -0.25) is 9.59 Å². The molecule has 0 N–H and O–H groups in total. The van der Waals surface area contributed by atoms with E-state index >= 15 is 0 Å². The second-order valence-electron chi connectivity index (χ2n) is 8.30. The van der Waals surface area contributed by atoms with Gasteiger partial charge in [0.15, 0.2) is 0 Å². The summed E-state index contributed by atoms with van der Waals surface area (Å²) in [6.07, 6.45) is 4.08. The van der Waals surface area contributed by atoms with Crippen molar-refractivity contribution in [3.8, 4) is 0 Å². The molecule has 0 radical (unpaired) electrons. The number of ketones is 1. The van der Waals surface area contributed by atoms with Gasteiger partial charge in [-0.05, 0) is 50.4 Å². The number of ether oxygens (including phenoxy) is 1. The number of sulfonamides is 1. The summed E-state index contributed by atoms with van der Waals surface area (Å²) >= 11 is 0. The number of fused-ring (bicyclic) bond motifs is 2. The smallest absolute Gasteiger partial charge is 0.324 e. The number of piperidine rings is 1. The Morgan fingerprint density at radius 1 is 1.28 bits per heavy atom. The number of nitrogens with zero attached hydrogens (tertiary/aromatic N) is 1. The number of carbonyl (C=O) groups is 2. The first kappa shape index (κ1) is 18.8. The lowest BCUT2D eigenvalue weighted by molar-refractivity contribution is -0.148. The molecule has 1 unspecified atom stereocenters. The Morgan fingerprint density at radius 2 is 2.00 bits per heavy atom. The van der Waals surface area contributed by atoms with Crippen LogP contribution in [0.15, 0.2) is 0 Å². The van der Waals surface area contributed by atoms with Crippen LogP contribution in [0.4, 0.5) is 0 Å². The number of Topliss-reactive ketones (excluding diaryl/α,β-unsaturated/α-hetero) is 1. The third kappa shape index (κ3) is 2.83. The average molecular weight is 371 g/mol. The highest BCUT2D eigenvalue weighted by Crippen LogP contribution is 2.64. The molecule has 1 saturated heterocycles. The van der Waals surface area contributed by atoms with Gasteiger partial charge in [0.2, 0.25) is 10.0 Å². The molecule has 1 aliphatic heterocycles. The predicted molar refractivity (Wildman–Crippen MR) is 93.3 cm³/mol. The van der Waals surface area contributed by atoms with Gasteiger partial charge in [-0.2, -0.15) is 4.31 Å². The molecule has 0 aromatic heterocycles. The zero-order chi connectivity index (χ0) is 18.5. The number of carbonyl (C=O) groups excluding carboxylic acids is 2. The van der Waals surface area contributed by atoms with E-state index in [2.05, 4.69) is 0 Å². The van der Waals surface area contributed by atoms with Gasteiger partial charge in [0.25, 0.3) is 0 Å². The van der Waals surface area contributed by atoms with Crippen LogP contribution in [0.5, 0.6) is 0 Å². The monoisotopic (exact) mass is 371 g/mol. The van der Waals surface area contributed by atoms with E-state index in [0.717, 1.165) is 19.3 Å². The first-order valence-electron chi connectivity index (χ1n) is 9.35.